The number of amides is 1. The second kappa shape index (κ2) is 9.80. The lowest BCUT2D eigenvalue weighted by Crippen LogP contribution is -2.28. The molecule has 24 heavy (non-hydrogen) atoms. The first kappa shape index (κ1) is 18.1. The van der Waals surface area contributed by atoms with E-state index in [4.69, 9.17) is 21.1 Å². The highest BCUT2D eigenvalue weighted by Crippen LogP contribution is 2.22. The summed E-state index contributed by atoms with van der Waals surface area (Å²) in [7, 11) is 1.67. The molecule has 2 aromatic carbocycles. The van der Waals surface area contributed by atoms with E-state index in [0.717, 1.165) is 17.8 Å². The highest BCUT2D eigenvalue weighted by molar-refractivity contribution is 6.32. The highest BCUT2D eigenvalue weighted by atomic mass is 35.5. The number of benzene rings is 2. The Morgan fingerprint density at radius 1 is 1.12 bits per heavy atom. The molecular formula is C18H21ClN2O3. The third kappa shape index (κ3) is 6.10. The van der Waals surface area contributed by atoms with Gasteiger partial charge in [-0.2, -0.15) is 0 Å². The standard InChI is InChI=1S/C18H21ClN2O3/c1-23-11-10-20-15-8-6-14(7-9-15)12-21-18(22)13-24-17-5-3-2-4-16(17)19/h2-9,20H,10-13H2,1H3,(H,21,22). The molecule has 6 heteroatoms. The second-order valence-corrected chi connectivity index (χ2v) is 5.52. The van der Waals surface area contributed by atoms with Crippen LogP contribution in [0.25, 0.3) is 0 Å². The van der Waals surface area contributed by atoms with Crippen molar-refractivity contribution in [1.82, 2.24) is 5.32 Å². The zero-order valence-electron chi connectivity index (χ0n) is 13.5. The molecule has 0 aliphatic rings. The third-order valence-corrected chi connectivity index (χ3v) is 3.59. The van der Waals surface area contributed by atoms with E-state index in [1.807, 2.05) is 30.3 Å². The Balaban J connectivity index is 1.72. The fourth-order valence-corrected chi connectivity index (χ4v) is 2.18. The molecule has 2 N–H and O–H groups in total. The summed E-state index contributed by atoms with van der Waals surface area (Å²) >= 11 is 5.97. The van der Waals surface area contributed by atoms with Crippen LogP contribution in [0.15, 0.2) is 48.5 Å². The second-order valence-electron chi connectivity index (χ2n) is 5.11. The predicted octanol–water partition coefficient (Wildman–Crippen LogP) is 3.09. The largest absolute Gasteiger partial charge is 0.482 e. The monoisotopic (exact) mass is 348 g/mol. The van der Waals surface area contributed by atoms with Crippen molar-refractivity contribution in [2.45, 2.75) is 6.54 Å². The Bertz CT molecular complexity index is 647. The van der Waals surface area contributed by atoms with E-state index in [1.54, 1.807) is 25.3 Å². The maximum Gasteiger partial charge on any atom is 0.258 e. The number of methoxy groups -OCH3 is 1. The van der Waals surface area contributed by atoms with E-state index in [-0.39, 0.29) is 12.5 Å². The molecule has 0 radical (unpaired) electrons. The number of hydrogen-bond donors (Lipinski definition) is 2. The number of halogens is 1. The number of para-hydroxylation sites is 1. The minimum Gasteiger partial charge on any atom is -0.482 e. The maximum absolute atomic E-state index is 11.8. The van der Waals surface area contributed by atoms with Crippen LogP contribution in [0, 0.1) is 0 Å². The molecule has 0 spiro atoms. The molecule has 2 aromatic rings. The van der Waals surface area contributed by atoms with Gasteiger partial charge in [0.05, 0.1) is 11.6 Å². The molecular weight excluding hydrogens is 328 g/mol. The zero-order valence-corrected chi connectivity index (χ0v) is 14.3. The van der Waals surface area contributed by atoms with Crippen LogP contribution in [0.2, 0.25) is 5.02 Å². The van der Waals surface area contributed by atoms with Gasteiger partial charge in [-0.25, -0.2) is 0 Å². The highest BCUT2D eigenvalue weighted by Gasteiger charge is 2.05. The van der Waals surface area contributed by atoms with Crippen molar-refractivity contribution in [3.8, 4) is 5.75 Å². The van der Waals surface area contributed by atoms with Gasteiger partial charge in [-0.05, 0) is 29.8 Å². The Morgan fingerprint density at radius 3 is 2.58 bits per heavy atom. The van der Waals surface area contributed by atoms with Gasteiger partial charge in [-0.1, -0.05) is 35.9 Å². The molecule has 0 bridgehead atoms. The van der Waals surface area contributed by atoms with Crippen molar-refractivity contribution in [3.05, 3.63) is 59.1 Å². The van der Waals surface area contributed by atoms with Crippen LogP contribution in [0.5, 0.6) is 5.75 Å². The van der Waals surface area contributed by atoms with Gasteiger partial charge in [0.1, 0.15) is 5.75 Å². The van der Waals surface area contributed by atoms with Crippen molar-refractivity contribution in [2.24, 2.45) is 0 Å². The Labute approximate surface area is 146 Å². The van der Waals surface area contributed by atoms with Crippen LogP contribution in [0.4, 0.5) is 5.69 Å². The fraction of sp³-hybridized carbons (Fsp3) is 0.278. The third-order valence-electron chi connectivity index (χ3n) is 3.27. The molecule has 0 aromatic heterocycles. The van der Waals surface area contributed by atoms with Crippen molar-refractivity contribution in [2.75, 3.05) is 32.2 Å². The van der Waals surface area contributed by atoms with E-state index >= 15 is 0 Å². The number of nitrogens with one attached hydrogen (secondary N) is 2. The minimum absolute atomic E-state index is 0.0691. The van der Waals surface area contributed by atoms with Crippen LogP contribution in [-0.2, 0) is 16.1 Å². The lowest BCUT2D eigenvalue weighted by atomic mass is 10.2. The minimum atomic E-state index is -0.197. The summed E-state index contributed by atoms with van der Waals surface area (Å²) in [4.78, 5) is 11.8. The van der Waals surface area contributed by atoms with Crippen molar-refractivity contribution >= 4 is 23.2 Å². The predicted molar refractivity (Wildman–Crippen MR) is 95.6 cm³/mol. The van der Waals surface area contributed by atoms with Gasteiger partial charge < -0.3 is 20.1 Å². The Kier molecular flexibility index (Phi) is 7.39. The summed E-state index contributed by atoms with van der Waals surface area (Å²) in [6, 6.07) is 14.9. The molecule has 0 aliphatic carbocycles. The van der Waals surface area contributed by atoms with Crippen LogP contribution < -0.4 is 15.4 Å². The molecule has 0 fully saturated rings. The van der Waals surface area contributed by atoms with Gasteiger partial charge in [0.15, 0.2) is 6.61 Å². The molecule has 1 amide bonds. The van der Waals surface area contributed by atoms with Crippen LogP contribution in [0.1, 0.15) is 5.56 Å². The van der Waals surface area contributed by atoms with E-state index in [9.17, 15) is 4.79 Å². The fourth-order valence-electron chi connectivity index (χ4n) is 1.99. The Morgan fingerprint density at radius 2 is 1.88 bits per heavy atom. The van der Waals surface area contributed by atoms with Gasteiger partial charge in [0.25, 0.3) is 5.91 Å². The van der Waals surface area contributed by atoms with E-state index in [2.05, 4.69) is 10.6 Å². The summed E-state index contributed by atoms with van der Waals surface area (Å²) in [6.07, 6.45) is 0. The summed E-state index contributed by atoms with van der Waals surface area (Å²) < 4.78 is 10.4. The SMILES string of the molecule is COCCNc1ccc(CNC(=O)COc2ccccc2Cl)cc1. The van der Waals surface area contributed by atoms with Crippen molar-refractivity contribution < 1.29 is 14.3 Å². The van der Waals surface area contributed by atoms with Crippen molar-refractivity contribution in [3.63, 3.8) is 0 Å². The van der Waals surface area contributed by atoms with Gasteiger partial charge in [-0.15, -0.1) is 0 Å². The van der Waals surface area contributed by atoms with E-state index in [0.29, 0.717) is 23.9 Å². The first-order chi connectivity index (χ1) is 11.7. The molecule has 0 atom stereocenters. The molecule has 0 heterocycles. The summed E-state index contributed by atoms with van der Waals surface area (Å²) in [6.45, 7) is 1.79. The van der Waals surface area contributed by atoms with Gasteiger partial charge in [0.2, 0.25) is 0 Å². The summed E-state index contributed by atoms with van der Waals surface area (Å²) in [5, 5.41) is 6.54. The summed E-state index contributed by atoms with van der Waals surface area (Å²) in [5.74, 6) is 0.304. The maximum atomic E-state index is 11.8. The van der Waals surface area contributed by atoms with Gasteiger partial charge in [-0.3, -0.25) is 4.79 Å². The van der Waals surface area contributed by atoms with E-state index < -0.39 is 0 Å². The topological polar surface area (TPSA) is 59.6 Å². The Hall–Kier alpha value is -2.24. The number of anilines is 1. The number of carbonyl (C=O) groups excluding carboxylic acids is 1. The van der Waals surface area contributed by atoms with Crippen LogP contribution in [0.3, 0.4) is 0 Å². The van der Waals surface area contributed by atoms with E-state index in [1.165, 1.54) is 0 Å². The van der Waals surface area contributed by atoms with Crippen LogP contribution >= 0.6 is 11.6 Å². The van der Waals surface area contributed by atoms with Gasteiger partial charge in [0, 0.05) is 25.9 Å². The molecule has 5 nitrogen and oxygen atoms in total. The molecule has 0 saturated heterocycles. The molecule has 0 unspecified atom stereocenters. The first-order valence-electron chi connectivity index (χ1n) is 7.65. The van der Waals surface area contributed by atoms with Crippen molar-refractivity contribution in [1.29, 1.82) is 0 Å². The average Bonchev–Trinajstić information content (AvgIpc) is 2.60. The lowest BCUT2D eigenvalue weighted by Gasteiger charge is -2.09. The molecule has 128 valence electrons. The lowest BCUT2D eigenvalue weighted by molar-refractivity contribution is -0.123. The summed E-state index contributed by atoms with van der Waals surface area (Å²) in [5.41, 5.74) is 2.03. The normalized spacial score (nSPS) is 10.2. The average molecular weight is 349 g/mol. The zero-order chi connectivity index (χ0) is 17.2. The molecule has 0 saturated carbocycles. The van der Waals surface area contributed by atoms with Crippen LogP contribution in [-0.4, -0.2) is 32.8 Å². The smallest absolute Gasteiger partial charge is 0.258 e. The number of rotatable bonds is 9. The number of ether oxygens (including phenoxy) is 2. The molecule has 2 rings (SSSR count). The molecule has 0 aliphatic heterocycles. The number of carbonyl (C=O) groups is 1. The first-order valence-corrected chi connectivity index (χ1v) is 8.02. The van der Waals surface area contributed by atoms with Gasteiger partial charge >= 0.3 is 0 Å². The quantitative estimate of drug-likeness (QED) is 0.684. The number of hydrogen-bond acceptors (Lipinski definition) is 4.